The zero-order valence-electron chi connectivity index (χ0n) is 12.4. The van der Waals surface area contributed by atoms with Gasteiger partial charge in [-0.1, -0.05) is 18.2 Å². The Morgan fingerprint density at radius 1 is 1.45 bits per heavy atom. The Morgan fingerprint density at radius 2 is 2.27 bits per heavy atom. The van der Waals surface area contributed by atoms with E-state index in [9.17, 15) is 9.59 Å². The number of benzene rings is 1. The summed E-state index contributed by atoms with van der Waals surface area (Å²) in [6.07, 6.45) is 3.99. The first-order valence-corrected chi connectivity index (χ1v) is 7.34. The van der Waals surface area contributed by atoms with Crippen LogP contribution in [0.25, 0.3) is 0 Å². The van der Waals surface area contributed by atoms with Crippen LogP contribution in [0.3, 0.4) is 0 Å². The summed E-state index contributed by atoms with van der Waals surface area (Å²) in [6, 6.07) is 6.84. The summed E-state index contributed by atoms with van der Waals surface area (Å²) in [7, 11) is 0. The zero-order chi connectivity index (χ0) is 15.5. The monoisotopic (exact) mass is 298 g/mol. The van der Waals surface area contributed by atoms with Crippen molar-refractivity contribution in [3.05, 3.63) is 53.6 Å². The first kappa shape index (κ1) is 14.3. The lowest BCUT2D eigenvalue weighted by molar-refractivity contribution is -0.123. The van der Waals surface area contributed by atoms with Crippen LogP contribution >= 0.6 is 0 Å². The highest BCUT2D eigenvalue weighted by molar-refractivity contribution is 6.00. The van der Waals surface area contributed by atoms with E-state index in [2.05, 4.69) is 15.6 Å². The molecule has 0 unspecified atom stereocenters. The third kappa shape index (κ3) is 2.72. The molecule has 1 aromatic heterocycles. The second kappa shape index (κ2) is 6.01. The molecule has 2 N–H and O–H groups in total. The minimum absolute atomic E-state index is 0.174. The van der Waals surface area contributed by atoms with Crippen LogP contribution < -0.4 is 10.6 Å². The molecule has 0 aliphatic carbocycles. The Labute approximate surface area is 128 Å². The van der Waals surface area contributed by atoms with Gasteiger partial charge in [-0.15, -0.1) is 0 Å². The summed E-state index contributed by atoms with van der Waals surface area (Å²) >= 11 is 0. The third-order valence-corrected chi connectivity index (χ3v) is 3.89. The van der Waals surface area contributed by atoms with E-state index in [-0.39, 0.29) is 11.8 Å². The Kier molecular flexibility index (Phi) is 3.91. The normalized spacial score (nSPS) is 16.8. The molecule has 2 heterocycles. The van der Waals surface area contributed by atoms with Crippen molar-refractivity contribution in [3.8, 4) is 0 Å². The molecule has 1 atom stereocenters. The zero-order valence-corrected chi connectivity index (χ0v) is 12.4. The lowest BCUT2D eigenvalue weighted by Crippen LogP contribution is -2.50. The number of nitrogens with zero attached hydrogens (tertiary/aromatic N) is 2. The topological polar surface area (TPSA) is 76.0 Å². The van der Waals surface area contributed by atoms with Crippen molar-refractivity contribution < 1.29 is 9.59 Å². The summed E-state index contributed by atoms with van der Waals surface area (Å²) in [6.45, 7) is 3.23. The first-order chi connectivity index (χ1) is 10.7. The predicted molar refractivity (Wildman–Crippen MR) is 81.1 cm³/mol. The van der Waals surface area contributed by atoms with Crippen LogP contribution in [0.5, 0.6) is 0 Å². The Bertz CT molecular complexity index is 708. The van der Waals surface area contributed by atoms with E-state index in [1.54, 1.807) is 18.6 Å². The number of fused-ring (bicyclic) bond motifs is 1. The van der Waals surface area contributed by atoms with Gasteiger partial charge < -0.3 is 15.2 Å². The number of nitrogens with one attached hydrogen (secondary N) is 2. The molecule has 0 saturated heterocycles. The highest BCUT2D eigenvalue weighted by atomic mass is 16.2. The molecule has 3 rings (SSSR count). The van der Waals surface area contributed by atoms with Gasteiger partial charge in [0.15, 0.2) is 0 Å². The molecule has 2 aromatic rings. The average Bonchev–Trinajstić information content (AvgIpc) is 3.00. The van der Waals surface area contributed by atoms with Crippen molar-refractivity contribution in [1.82, 2.24) is 20.2 Å². The second-order valence-corrected chi connectivity index (χ2v) is 5.28. The summed E-state index contributed by atoms with van der Waals surface area (Å²) in [5.41, 5.74) is 2.50. The van der Waals surface area contributed by atoms with Gasteiger partial charge in [0.1, 0.15) is 6.04 Å². The largest absolute Gasteiger partial charge is 0.349 e. The summed E-state index contributed by atoms with van der Waals surface area (Å²) in [5.74, 6) is -0.368. The van der Waals surface area contributed by atoms with Gasteiger partial charge in [0, 0.05) is 24.7 Å². The maximum atomic E-state index is 12.3. The maximum Gasteiger partial charge on any atom is 0.252 e. The summed E-state index contributed by atoms with van der Waals surface area (Å²) in [5, 5.41) is 5.62. The van der Waals surface area contributed by atoms with Crippen molar-refractivity contribution in [2.24, 2.45) is 0 Å². The average molecular weight is 298 g/mol. The first-order valence-electron chi connectivity index (χ1n) is 7.34. The number of aromatic nitrogens is 2. The minimum Gasteiger partial charge on any atom is -0.349 e. The van der Waals surface area contributed by atoms with Crippen molar-refractivity contribution in [2.75, 3.05) is 0 Å². The number of carbonyl (C=O) groups is 2. The van der Waals surface area contributed by atoms with E-state index in [0.29, 0.717) is 18.5 Å². The molecule has 6 nitrogen and oxygen atoms in total. The van der Waals surface area contributed by atoms with Crippen LogP contribution in [0.2, 0.25) is 0 Å². The Morgan fingerprint density at radius 3 is 3.09 bits per heavy atom. The molecule has 0 spiro atoms. The van der Waals surface area contributed by atoms with Crippen LogP contribution in [0.1, 0.15) is 28.5 Å². The predicted octanol–water partition coefficient (Wildman–Crippen LogP) is 0.874. The van der Waals surface area contributed by atoms with Crippen molar-refractivity contribution >= 4 is 11.8 Å². The van der Waals surface area contributed by atoms with Gasteiger partial charge in [0.05, 0.1) is 18.6 Å². The molecule has 2 amide bonds. The Hall–Kier alpha value is -2.63. The van der Waals surface area contributed by atoms with Gasteiger partial charge in [-0.25, -0.2) is 4.98 Å². The molecular formula is C16H18N4O2. The van der Waals surface area contributed by atoms with E-state index in [1.807, 2.05) is 29.7 Å². The van der Waals surface area contributed by atoms with Crippen molar-refractivity contribution in [2.45, 2.75) is 32.5 Å². The van der Waals surface area contributed by atoms with Gasteiger partial charge in [0.2, 0.25) is 5.91 Å². The van der Waals surface area contributed by atoms with Gasteiger partial charge in [0.25, 0.3) is 5.91 Å². The maximum absolute atomic E-state index is 12.3. The third-order valence-electron chi connectivity index (χ3n) is 3.89. The Balaban J connectivity index is 1.65. The number of imidazole rings is 1. The van der Waals surface area contributed by atoms with Gasteiger partial charge in [-0.05, 0) is 18.6 Å². The van der Waals surface area contributed by atoms with Gasteiger partial charge in [-0.3, -0.25) is 9.59 Å². The van der Waals surface area contributed by atoms with Crippen LogP contribution in [-0.4, -0.2) is 27.4 Å². The molecule has 0 bridgehead atoms. The fourth-order valence-corrected chi connectivity index (χ4v) is 2.67. The lowest BCUT2D eigenvalue weighted by Gasteiger charge is -2.24. The fraction of sp³-hybridized carbons (Fsp3) is 0.312. The van der Waals surface area contributed by atoms with E-state index >= 15 is 0 Å². The molecule has 0 saturated carbocycles. The van der Waals surface area contributed by atoms with Gasteiger partial charge >= 0.3 is 0 Å². The summed E-state index contributed by atoms with van der Waals surface area (Å²) in [4.78, 5) is 28.4. The SMILES string of the molecule is CCn1cncc1CNC(=O)[C@@H]1Cc2ccccc2C(=O)N1. The molecule has 0 fully saturated rings. The van der Waals surface area contributed by atoms with Crippen LogP contribution in [0.15, 0.2) is 36.8 Å². The highest BCUT2D eigenvalue weighted by Gasteiger charge is 2.28. The van der Waals surface area contributed by atoms with E-state index in [1.165, 1.54) is 0 Å². The molecule has 114 valence electrons. The lowest BCUT2D eigenvalue weighted by atomic mass is 9.95. The minimum atomic E-state index is -0.527. The number of amides is 2. The molecule has 1 aliphatic rings. The number of rotatable bonds is 4. The van der Waals surface area contributed by atoms with Crippen LogP contribution in [0.4, 0.5) is 0 Å². The van der Waals surface area contributed by atoms with E-state index in [4.69, 9.17) is 0 Å². The fourth-order valence-electron chi connectivity index (χ4n) is 2.67. The van der Waals surface area contributed by atoms with E-state index in [0.717, 1.165) is 17.8 Å². The number of carbonyl (C=O) groups excluding carboxylic acids is 2. The molecule has 1 aromatic carbocycles. The molecule has 22 heavy (non-hydrogen) atoms. The van der Waals surface area contributed by atoms with Crippen LogP contribution in [-0.2, 0) is 24.3 Å². The van der Waals surface area contributed by atoms with Crippen LogP contribution in [0, 0.1) is 0 Å². The van der Waals surface area contributed by atoms with E-state index < -0.39 is 6.04 Å². The molecule has 1 aliphatic heterocycles. The smallest absolute Gasteiger partial charge is 0.252 e. The quantitative estimate of drug-likeness (QED) is 0.879. The van der Waals surface area contributed by atoms with Crippen molar-refractivity contribution in [3.63, 3.8) is 0 Å². The van der Waals surface area contributed by atoms with Gasteiger partial charge in [-0.2, -0.15) is 0 Å². The molecule has 0 radical (unpaired) electrons. The van der Waals surface area contributed by atoms with Crippen molar-refractivity contribution in [1.29, 1.82) is 0 Å². The highest BCUT2D eigenvalue weighted by Crippen LogP contribution is 2.16. The number of hydrogen-bond acceptors (Lipinski definition) is 3. The summed E-state index contributed by atoms with van der Waals surface area (Å²) < 4.78 is 1.97. The number of hydrogen-bond donors (Lipinski definition) is 2. The standard InChI is InChI=1S/C16H18N4O2/c1-2-20-10-17-8-12(20)9-18-16(22)14-7-11-5-3-4-6-13(11)15(21)19-14/h3-6,8,10,14H,2,7,9H2,1H3,(H,18,22)(H,19,21)/t14-/m0/s1. The second-order valence-electron chi connectivity index (χ2n) is 5.28. The molecule has 6 heteroatoms. The molecular weight excluding hydrogens is 280 g/mol. The number of aryl methyl sites for hydroxylation is 1.